The van der Waals surface area contributed by atoms with Crippen molar-refractivity contribution in [1.82, 2.24) is 24.4 Å². The van der Waals surface area contributed by atoms with E-state index in [2.05, 4.69) is 10.00 Å². The lowest BCUT2D eigenvalue weighted by Gasteiger charge is -2.34. The van der Waals surface area contributed by atoms with Crippen LogP contribution in [0.2, 0.25) is 0 Å². The largest absolute Gasteiger partial charge is 0.336 e. The average molecular weight is 460 g/mol. The van der Waals surface area contributed by atoms with Gasteiger partial charge in [-0.05, 0) is 26.0 Å². The van der Waals surface area contributed by atoms with Crippen molar-refractivity contribution in [2.75, 3.05) is 26.2 Å². The van der Waals surface area contributed by atoms with Gasteiger partial charge >= 0.3 is 0 Å². The molecule has 0 saturated carbocycles. The summed E-state index contributed by atoms with van der Waals surface area (Å²) < 4.78 is 1.38. The van der Waals surface area contributed by atoms with Gasteiger partial charge in [-0.1, -0.05) is 58.9 Å². The average Bonchev–Trinajstić information content (AvgIpc) is 3.24. The number of fused-ring (bicyclic) bond motifs is 1. The third-order valence-electron chi connectivity index (χ3n) is 5.91. The highest BCUT2D eigenvalue weighted by molar-refractivity contribution is 7.19. The van der Waals surface area contributed by atoms with Crippen molar-refractivity contribution in [3.05, 3.63) is 87.3 Å². The molecule has 7 nitrogen and oxygen atoms in total. The van der Waals surface area contributed by atoms with Crippen molar-refractivity contribution in [3.8, 4) is 10.6 Å². The second-order valence-electron chi connectivity index (χ2n) is 8.49. The minimum atomic E-state index is -0.169. The number of carbonyl (C=O) groups excluding carboxylic acids is 1. The molecule has 33 heavy (non-hydrogen) atoms. The van der Waals surface area contributed by atoms with Crippen LogP contribution in [0.1, 0.15) is 27.2 Å². The highest BCUT2D eigenvalue weighted by Gasteiger charge is 2.23. The van der Waals surface area contributed by atoms with Crippen LogP contribution in [0.4, 0.5) is 0 Å². The molecule has 0 spiro atoms. The molecular weight excluding hydrogens is 434 g/mol. The zero-order valence-corrected chi connectivity index (χ0v) is 19.5. The van der Waals surface area contributed by atoms with Crippen LogP contribution < -0.4 is 5.56 Å². The van der Waals surface area contributed by atoms with Gasteiger partial charge in [0.2, 0.25) is 4.96 Å². The Labute approximate surface area is 195 Å². The number of nitrogens with zero attached hydrogens (tertiary/aromatic N) is 5. The predicted molar refractivity (Wildman–Crippen MR) is 130 cm³/mol. The van der Waals surface area contributed by atoms with Gasteiger partial charge in [-0.25, -0.2) is 4.98 Å². The van der Waals surface area contributed by atoms with Crippen LogP contribution in [0.5, 0.6) is 0 Å². The number of carbonyl (C=O) groups is 1. The number of amides is 1. The van der Waals surface area contributed by atoms with Gasteiger partial charge in [0.05, 0.1) is 5.69 Å². The lowest BCUT2D eigenvalue weighted by molar-refractivity contribution is 0.0627. The Balaban J connectivity index is 1.27. The maximum absolute atomic E-state index is 12.8. The summed E-state index contributed by atoms with van der Waals surface area (Å²) in [7, 11) is 0. The normalized spacial score (nSPS) is 14.7. The highest BCUT2D eigenvalue weighted by atomic mass is 32.1. The number of piperazine rings is 1. The molecule has 0 N–H and O–H groups in total. The monoisotopic (exact) mass is 459 g/mol. The van der Waals surface area contributed by atoms with Crippen LogP contribution in [-0.2, 0) is 6.54 Å². The van der Waals surface area contributed by atoms with E-state index in [1.54, 1.807) is 6.07 Å². The zero-order valence-electron chi connectivity index (χ0n) is 18.7. The molecule has 2 aromatic heterocycles. The van der Waals surface area contributed by atoms with Gasteiger partial charge in [-0.2, -0.15) is 9.61 Å². The van der Waals surface area contributed by atoms with E-state index in [9.17, 15) is 9.59 Å². The molecule has 0 radical (unpaired) electrons. The van der Waals surface area contributed by atoms with Crippen LogP contribution in [-0.4, -0.2) is 56.5 Å². The molecule has 1 aliphatic heterocycles. The van der Waals surface area contributed by atoms with Crippen LogP contribution in [0.25, 0.3) is 15.5 Å². The fourth-order valence-electron chi connectivity index (χ4n) is 4.05. The van der Waals surface area contributed by atoms with E-state index in [0.29, 0.717) is 24.6 Å². The van der Waals surface area contributed by atoms with Gasteiger partial charge in [-0.15, -0.1) is 0 Å². The fraction of sp³-hybridized carbons (Fsp3) is 0.280. The molecule has 1 fully saturated rings. The van der Waals surface area contributed by atoms with Gasteiger partial charge in [0.25, 0.3) is 11.5 Å². The van der Waals surface area contributed by atoms with Crippen molar-refractivity contribution in [2.24, 2.45) is 0 Å². The van der Waals surface area contributed by atoms with Crippen molar-refractivity contribution >= 4 is 22.2 Å². The maximum atomic E-state index is 12.8. The van der Waals surface area contributed by atoms with Crippen LogP contribution in [0.3, 0.4) is 0 Å². The lowest BCUT2D eigenvalue weighted by atomic mass is 10.1. The highest BCUT2D eigenvalue weighted by Crippen LogP contribution is 2.24. The number of aryl methyl sites for hydroxylation is 2. The molecular formula is C25H25N5O2S. The second kappa shape index (κ2) is 8.88. The standard InChI is InChI=1S/C25H25N5O2S/c1-17-6-8-19(9-7-17)23-27-30-22(31)15-21(26-25(30)33-23)16-28-10-12-29(13-11-28)24(32)20-5-3-4-18(2)14-20/h3-9,14-15H,10-13,16H2,1-2H3. The summed E-state index contributed by atoms with van der Waals surface area (Å²) >= 11 is 1.42. The van der Waals surface area contributed by atoms with Crippen LogP contribution in [0.15, 0.2) is 59.4 Å². The molecule has 0 atom stereocenters. The van der Waals surface area contributed by atoms with Crippen molar-refractivity contribution in [1.29, 1.82) is 0 Å². The fourth-order valence-corrected chi connectivity index (χ4v) is 4.98. The third-order valence-corrected chi connectivity index (χ3v) is 6.86. The minimum absolute atomic E-state index is 0.0736. The Kier molecular flexibility index (Phi) is 5.78. The van der Waals surface area contributed by atoms with E-state index >= 15 is 0 Å². The zero-order chi connectivity index (χ0) is 22.9. The summed E-state index contributed by atoms with van der Waals surface area (Å²) in [5.41, 5.74) is 4.54. The number of hydrogen-bond donors (Lipinski definition) is 0. The minimum Gasteiger partial charge on any atom is -0.336 e. The molecule has 0 bridgehead atoms. The Morgan fingerprint density at radius 2 is 1.73 bits per heavy atom. The Morgan fingerprint density at radius 1 is 0.970 bits per heavy atom. The summed E-state index contributed by atoms with van der Waals surface area (Å²) in [5, 5.41) is 5.24. The summed E-state index contributed by atoms with van der Waals surface area (Å²) in [6.07, 6.45) is 0. The summed E-state index contributed by atoms with van der Waals surface area (Å²) in [6, 6.07) is 17.4. The topological polar surface area (TPSA) is 70.8 Å². The third kappa shape index (κ3) is 4.58. The molecule has 0 aliphatic carbocycles. The Morgan fingerprint density at radius 3 is 2.45 bits per heavy atom. The molecule has 5 rings (SSSR count). The van der Waals surface area contributed by atoms with Crippen LogP contribution >= 0.6 is 11.3 Å². The van der Waals surface area contributed by atoms with E-state index in [0.717, 1.165) is 40.5 Å². The summed E-state index contributed by atoms with van der Waals surface area (Å²) in [6.45, 7) is 7.42. The smallest absolute Gasteiger partial charge is 0.275 e. The van der Waals surface area contributed by atoms with Gasteiger partial charge < -0.3 is 4.90 Å². The van der Waals surface area contributed by atoms with Gasteiger partial charge in [-0.3, -0.25) is 14.5 Å². The Hall–Kier alpha value is -3.36. The molecule has 2 aromatic carbocycles. The molecule has 1 saturated heterocycles. The molecule has 4 aromatic rings. The molecule has 1 aliphatic rings. The lowest BCUT2D eigenvalue weighted by Crippen LogP contribution is -2.48. The van der Waals surface area contributed by atoms with E-state index < -0.39 is 0 Å². The van der Waals surface area contributed by atoms with E-state index in [-0.39, 0.29) is 11.5 Å². The first-order chi connectivity index (χ1) is 16.0. The van der Waals surface area contributed by atoms with Crippen LogP contribution in [0, 0.1) is 13.8 Å². The summed E-state index contributed by atoms with van der Waals surface area (Å²) in [4.78, 5) is 34.9. The molecule has 0 unspecified atom stereocenters. The van der Waals surface area contributed by atoms with Crippen molar-refractivity contribution in [3.63, 3.8) is 0 Å². The maximum Gasteiger partial charge on any atom is 0.275 e. The first-order valence-electron chi connectivity index (χ1n) is 11.0. The number of aromatic nitrogens is 3. The SMILES string of the molecule is Cc1ccc(-c2nn3c(=O)cc(CN4CCN(C(=O)c5cccc(C)c5)CC4)nc3s2)cc1. The Bertz CT molecular complexity index is 1370. The van der Waals surface area contributed by atoms with Crippen molar-refractivity contribution < 1.29 is 4.79 Å². The predicted octanol–water partition coefficient (Wildman–Crippen LogP) is 3.39. The second-order valence-corrected chi connectivity index (χ2v) is 9.45. The molecule has 3 heterocycles. The van der Waals surface area contributed by atoms with Gasteiger partial charge in [0, 0.05) is 49.9 Å². The first kappa shape index (κ1) is 21.5. The van der Waals surface area contributed by atoms with E-state index in [1.807, 2.05) is 67.3 Å². The number of rotatable bonds is 4. The van der Waals surface area contributed by atoms with E-state index in [4.69, 9.17) is 4.98 Å². The first-order valence-corrected chi connectivity index (χ1v) is 11.8. The van der Waals surface area contributed by atoms with Gasteiger partial charge in [0.1, 0.15) is 5.01 Å². The number of hydrogen-bond acceptors (Lipinski definition) is 6. The number of benzene rings is 2. The quantitative estimate of drug-likeness (QED) is 0.468. The van der Waals surface area contributed by atoms with Gasteiger partial charge in [0.15, 0.2) is 0 Å². The van der Waals surface area contributed by atoms with E-state index in [1.165, 1.54) is 21.4 Å². The summed E-state index contributed by atoms with van der Waals surface area (Å²) in [5.74, 6) is 0.0736. The molecule has 8 heteroatoms. The molecule has 1 amide bonds. The molecule has 168 valence electrons. The van der Waals surface area contributed by atoms with Crippen molar-refractivity contribution in [2.45, 2.75) is 20.4 Å².